The van der Waals surface area contributed by atoms with Gasteiger partial charge in [0.25, 0.3) is 0 Å². The Morgan fingerprint density at radius 1 is 1.17 bits per heavy atom. The minimum Gasteiger partial charge on any atom is -0.343 e. The van der Waals surface area contributed by atoms with Crippen LogP contribution in [0.2, 0.25) is 5.02 Å². The third-order valence-electron chi connectivity index (χ3n) is 4.31. The van der Waals surface area contributed by atoms with Crippen LogP contribution in [0.15, 0.2) is 24.3 Å². The Balaban J connectivity index is 0.00000139. The summed E-state index contributed by atoms with van der Waals surface area (Å²) in [5.74, 6) is 0.139. The quantitative estimate of drug-likeness (QED) is 0.880. The van der Waals surface area contributed by atoms with Gasteiger partial charge in [0.2, 0.25) is 5.91 Å². The van der Waals surface area contributed by atoms with Crippen LogP contribution >= 0.6 is 11.6 Å². The number of piperidine rings is 1. The maximum absolute atomic E-state index is 11.9. The Hall–Kier alpha value is -1.39. The van der Waals surface area contributed by atoms with Gasteiger partial charge in [-0.05, 0) is 37.5 Å². The Morgan fingerprint density at radius 3 is 2.17 bits per heavy atom. The maximum atomic E-state index is 11.9. The van der Waals surface area contributed by atoms with Crippen LogP contribution in [0.4, 0.5) is 0 Å². The summed E-state index contributed by atoms with van der Waals surface area (Å²) in [5.41, 5.74) is 0.991. The van der Waals surface area contributed by atoms with Gasteiger partial charge in [-0.2, -0.15) is 0 Å². The second kappa shape index (κ2) is 10.5. The Labute approximate surface area is 150 Å². The van der Waals surface area contributed by atoms with Gasteiger partial charge in [0.1, 0.15) is 5.78 Å². The van der Waals surface area contributed by atoms with E-state index >= 15 is 0 Å². The molecule has 1 N–H and O–H groups in total. The first kappa shape index (κ1) is 20.7. The molecule has 24 heavy (non-hydrogen) atoms. The molecule has 1 atom stereocenters. The van der Waals surface area contributed by atoms with E-state index in [2.05, 4.69) is 5.32 Å². The zero-order chi connectivity index (χ0) is 18.1. The molecule has 1 aliphatic heterocycles. The number of likely N-dealkylation sites (tertiary alicyclic amines) is 1. The average molecular weight is 353 g/mol. The van der Waals surface area contributed by atoms with E-state index in [9.17, 15) is 9.59 Å². The lowest BCUT2D eigenvalue weighted by molar-refractivity contribution is -0.129. The smallest absolute Gasteiger partial charge is 0.219 e. The summed E-state index contributed by atoms with van der Waals surface area (Å²) >= 11 is 5.90. The fourth-order valence-corrected chi connectivity index (χ4v) is 3.00. The molecule has 1 unspecified atom stereocenters. The number of benzene rings is 1. The molecule has 1 aliphatic rings. The van der Waals surface area contributed by atoms with E-state index in [1.807, 2.05) is 43.0 Å². The third-order valence-corrected chi connectivity index (χ3v) is 4.57. The lowest BCUT2D eigenvalue weighted by Gasteiger charge is -2.32. The number of carbonyl (C=O) groups excluding carboxylic acids is 2. The van der Waals surface area contributed by atoms with Crippen LogP contribution in [0.25, 0.3) is 0 Å². The summed E-state index contributed by atoms with van der Waals surface area (Å²) < 4.78 is 0. The molecule has 1 aromatic rings. The zero-order valence-electron chi connectivity index (χ0n) is 15.1. The van der Waals surface area contributed by atoms with E-state index < -0.39 is 0 Å². The highest BCUT2D eigenvalue weighted by Crippen LogP contribution is 2.20. The Bertz CT molecular complexity index is 523. The number of Topliss-reactive ketones (excluding diaryl/α,β-unsaturated/α-hetero) is 1. The zero-order valence-corrected chi connectivity index (χ0v) is 15.9. The molecule has 134 valence electrons. The van der Waals surface area contributed by atoms with Crippen LogP contribution in [0.1, 0.15) is 52.0 Å². The molecule has 0 aliphatic carbocycles. The highest BCUT2D eigenvalue weighted by Gasteiger charge is 2.23. The van der Waals surface area contributed by atoms with Crippen LogP contribution < -0.4 is 5.32 Å². The fourth-order valence-electron chi connectivity index (χ4n) is 2.87. The molecule has 0 aromatic heterocycles. The Kier molecular flexibility index (Phi) is 9.01. The Morgan fingerprint density at radius 2 is 1.71 bits per heavy atom. The minimum absolute atomic E-state index is 0.140. The number of amides is 1. The molecule has 2 rings (SSSR count). The highest BCUT2D eigenvalue weighted by molar-refractivity contribution is 6.30. The summed E-state index contributed by atoms with van der Waals surface area (Å²) in [6, 6.07) is 7.82. The van der Waals surface area contributed by atoms with Gasteiger partial charge in [0, 0.05) is 37.6 Å². The first-order valence-corrected chi connectivity index (χ1v) is 9.10. The van der Waals surface area contributed by atoms with Gasteiger partial charge in [0.15, 0.2) is 0 Å². The summed E-state index contributed by atoms with van der Waals surface area (Å²) in [4.78, 5) is 25.1. The average Bonchev–Trinajstić information content (AvgIpc) is 2.58. The van der Waals surface area contributed by atoms with Gasteiger partial charge >= 0.3 is 0 Å². The van der Waals surface area contributed by atoms with Crippen LogP contribution in [0.5, 0.6) is 0 Å². The van der Waals surface area contributed by atoms with E-state index in [0.717, 1.165) is 31.5 Å². The molecule has 1 amide bonds. The molecule has 0 saturated carbocycles. The van der Waals surface area contributed by atoms with Gasteiger partial charge in [-0.15, -0.1) is 0 Å². The summed E-state index contributed by atoms with van der Waals surface area (Å²) in [6.07, 6.45) is 1.87. The van der Waals surface area contributed by atoms with E-state index in [1.54, 1.807) is 13.8 Å². The van der Waals surface area contributed by atoms with Crippen LogP contribution in [0.3, 0.4) is 0 Å². The number of nitrogens with one attached hydrogen (secondary N) is 1. The van der Waals surface area contributed by atoms with Crippen molar-refractivity contribution in [2.45, 2.75) is 52.5 Å². The third kappa shape index (κ3) is 6.25. The molecule has 4 nitrogen and oxygen atoms in total. The monoisotopic (exact) mass is 352 g/mol. The molecular formula is C19H29ClN2O2. The lowest BCUT2D eigenvalue weighted by Crippen LogP contribution is -2.45. The van der Waals surface area contributed by atoms with Crippen molar-refractivity contribution in [2.24, 2.45) is 0 Å². The largest absolute Gasteiger partial charge is 0.343 e. The summed E-state index contributed by atoms with van der Waals surface area (Å²) in [5, 5.41) is 4.16. The summed E-state index contributed by atoms with van der Waals surface area (Å²) in [6.45, 7) is 9.44. The van der Waals surface area contributed by atoms with Gasteiger partial charge < -0.3 is 10.2 Å². The van der Waals surface area contributed by atoms with Crippen molar-refractivity contribution in [2.75, 3.05) is 19.6 Å². The number of carbonyl (C=O) groups is 2. The SMILES string of the molecule is CC.CC(=O)C(CNC1CCN(C(C)=O)CC1)c1ccc(Cl)cc1. The van der Waals surface area contributed by atoms with E-state index in [0.29, 0.717) is 17.6 Å². The maximum Gasteiger partial charge on any atom is 0.219 e. The molecule has 1 heterocycles. The second-order valence-corrected chi connectivity index (χ2v) is 6.34. The first-order chi connectivity index (χ1) is 11.5. The number of rotatable bonds is 5. The van der Waals surface area contributed by atoms with Crippen LogP contribution in [0, 0.1) is 0 Å². The molecule has 5 heteroatoms. The molecule has 1 aromatic carbocycles. The minimum atomic E-state index is -0.150. The van der Waals surface area contributed by atoms with E-state index in [1.165, 1.54) is 0 Å². The van der Waals surface area contributed by atoms with Crippen molar-refractivity contribution < 1.29 is 9.59 Å². The summed E-state index contributed by atoms with van der Waals surface area (Å²) in [7, 11) is 0. The molecule has 0 bridgehead atoms. The van der Waals surface area contributed by atoms with E-state index in [4.69, 9.17) is 11.6 Å². The van der Waals surface area contributed by atoms with Gasteiger partial charge in [-0.1, -0.05) is 37.6 Å². The van der Waals surface area contributed by atoms with Crippen LogP contribution in [-0.4, -0.2) is 42.3 Å². The number of ketones is 1. The standard InChI is InChI=1S/C17H23ClN2O2.C2H6/c1-12(21)17(14-3-5-15(18)6-4-14)11-19-16-7-9-20(10-8-16)13(2)22;1-2/h3-6,16-17,19H,7-11H2,1-2H3;1-2H3. The highest BCUT2D eigenvalue weighted by atomic mass is 35.5. The molecular weight excluding hydrogens is 324 g/mol. The van der Waals surface area contributed by atoms with Crippen molar-refractivity contribution in [1.82, 2.24) is 10.2 Å². The van der Waals surface area contributed by atoms with Crippen molar-refractivity contribution >= 4 is 23.3 Å². The molecule has 1 saturated heterocycles. The number of hydrogen-bond acceptors (Lipinski definition) is 3. The predicted molar refractivity (Wildman–Crippen MR) is 99.5 cm³/mol. The van der Waals surface area contributed by atoms with Gasteiger partial charge in [0.05, 0.1) is 5.92 Å². The van der Waals surface area contributed by atoms with Crippen molar-refractivity contribution in [3.63, 3.8) is 0 Å². The number of hydrogen-bond donors (Lipinski definition) is 1. The van der Waals surface area contributed by atoms with Crippen molar-refractivity contribution in [3.8, 4) is 0 Å². The van der Waals surface area contributed by atoms with E-state index in [-0.39, 0.29) is 17.6 Å². The number of nitrogens with zero attached hydrogens (tertiary/aromatic N) is 1. The van der Waals surface area contributed by atoms with Gasteiger partial charge in [-0.3, -0.25) is 9.59 Å². The molecule has 0 radical (unpaired) electrons. The number of halogens is 1. The lowest BCUT2D eigenvalue weighted by atomic mass is 9.94. The first-order valence-electron chi connectivity index (χ1n) is 8.72. The fraction of sp³-hybridized carbons (Fsp3) is 0.579. The second-order valence-electron chi connectivity index (χ2n) is 5.90. The van der Waals surface area contributed by atoms with Crippen molar-refractivity contribution in [3.05, 3.63) is 34.9 Å². The predicted octanol–water partition coefficient (Wildman–Crippen LogP) is 3.64. The van der Waals surface area contributed by atoms with Crippen molar-refractivity contribution in [1.29, 1.82) is 0 Å². The molecule has 1 fully saturated rings. The van der Waals surface area contributed by atoms with Gasteiger partial charge in [-0.25, -0.2) is 0 Å². The molecule has 0 spiro atoms. The normalized spacial score (nSPS) is 16.1. The topological polar surface area (TPSA) is 49.4 Å². The van der Waals surface area contributed by atoms with Crippen LogP contribution in [-0.2, 0) is 9.59 Å².